The van der Waals surface area contributed by atoms with Gasteiger partial charge in [-0.1, -0.05) is 20.4 Å². The summed E-state index contributed by atoms with van der Waals surface area (Å²) in [6, 6.07) is 6.57. The molecule has 1 saturated heterocycles. The van der Waals surface area contributed by atoms with E-state index in [9.17, 15) is 8.78 Å². The van der Waals surface area contributed by atoms with Crippen molar-refractivity contribution < 1.29 is 8.78 Å². The lowest BCUT2D eigenvalue weighted by Gasteiger charge is -2.52. The van der Waals surface area contributed by atoms with Crippen LogP contribution in [0, 0.1) is 18.6 Å². The van der Waals surface area contributed by atoms with Crippen LogP contribution in [0.25, 0.3) is 0 Å². The van der Waals surface area contributed by atoms with Gasteiger partial charge in [-0.15, -0.1) is 0 Å². The average Bonchev–Trinajstić information content (AvgIpc) is 2.82. The lowest BCUT2D eigenvalue weighted by Crippen LogP contribution is -2.56. The van der Waals surface area contributed by atoms with E-state index < -0.39 is 11.6 Å². The summed E-state index contributed by atoms with van der Waals surface area (Å²) in [7, 11) is 0. The van der Waals surface area contributed by atoms with Crippen LogP contribution in [-0.4, -0.2) is 39.1 Å². The van der Waals surface area contributed by atoms with E-state index >= 15 is 0 Å². The van der Waals surface area contributed by atoms with Crippen molar-refractivity contribution in [3.63, 3.8) is 0 Å². The number of fused-ring (bicyclic) bond motifs is 1. The highest BCUT2D eigenvalue weighted by Gasteiger charge is 2.39. The van der Waals surface area contributed by atoms with Crippen LogP contribution in [0.1, 0.15) is 68.8 Å². The minimum atomic E-state index is -0.505. The van der Waals surface area contributed by atoms with Crippen molar-refractivity contribution in [2.24, 2.45) is 4.99 Å². The first kappa shape index (κ1) is 25.1. The van der Waals surface area contributed by atoms with Gasteiger partial charge >= 0.3 is 0 Å². The number of benzene rings is 1. The molecule has 0 amide bonds. The number of pyridine rings is 1. The number of halogens is 2. The largest absolute Gasteiger partial charge is 0.352 e. The Labute approximate surface area is 208 Å². The highest BCUT2D eigenvalue weighted by molar-refractivity contribution is 5.97. The van der Waals surface area contributed by atoms with Crippen molar-refractivity contribution in [3.05, 3.63) is 88.8 Å². The van der Waals surface area contributed by atoms with Crippen molar-refractivity contribution in [1.82, 2.24) is 14.8 Å². The summed E-state index contributed by atoms with van der Waals surface area (Å²) >= 11 is 0. The lowest BCUT2D eigenvalue weighted by atomic mass is 9.88. The Bertz CT molecular complexity index is 1150. The Morgan fingerprint density at radius 1 is 1.09 bits per heavy atom. The van der Waals surface area contributed by atoms with Gasteiger partial charge in [-0.25, -0.2) is 13.8 Å². The van der Waals surface area contributed by atoms with E-state index in [1.165, 1.54) is 12.1 Å². The molecule has 1 unspecified atom stereocenters. The first-order valence-corrected chi connectivity index (χ1v) is 12.7. The summed E-state index contributed by atoms with van der Waals surface area (Å²) in [6.45, 7) is 14.7. The number of aromatic nitrogens is 1. The van der Waals surface area contributed by atoms with Gasteiger partial charge in [0.15, 0.2) is 0 Å². The van der Waals surface area contributed by atoms with Gasteiger partial charge in [0.1, 0.15) is 23.3 Å². The minimum Gasteiger partial charge on any atom is -0.352 e. The molecular weight excluding hydrogens is 442 g/mol. The standard InChI is InChI=1S/C29H36F2N4/c1-6-13-35-28-19-24(33-21(4)34(28)14-11-29(35,5)7-2)9-8-22-17-26(30)25(27(31)18-22)16-23-10-12-32-20(3)15-23/h10,12,15,17-19H,4,6-9,11,13-14,16H2,1-3,5H3. The lowest BCUT2D eigenvalue weighted by molar-refractivity contribution is 0.0463. The molecule has 2 aliphatic heterocycles. The number of nitrogens with zero attached hydrogens (tertiary/aromatic N) is 4. The molecular formula is C29H36F2N4. The molecule has 2 aromatic rings. The summed E-state index contributed by atoms with van der Waals surface area (Å²) in [5, 5.41) is 0. The van der Waals surface area contributed by atoms with Gasteiger partial charge in [-0.3, -0.25) is 4.98 Å². The fourth-order valence-corrected chi connectivity index (χ4v) is 5.11. The number of allylic oxidation sites excluding steroid dienone is 1. The SMILES string of the molecule is C=C1N=C(CCc2cc(F)c(Cc3ccnc(C)c3)c(F)c2)C=C2N1CCC(C)(CC)N2CCC. The number of aryl methyl sites for hydroxylation is 2. The molecule has 1 fully saturated rings. The predicted molar refractivity (Wildman–Crippen MR) is 138 cm³/mol. The van der Waals surface area contributed by atoms with Crippen molar-refractivity contribution >= 4 is 5.71 Å². The maximum Gasteiger partial charge on any atom is 0.129 e. The van der Waals surface area contributed by atoms with Crippen LogP contribution in [-0.2, 0) is 12.8 Å². The molecule has 2 aliphatic rings. The molecule has 3 heterocycles. The number of hydrogen-bond donors (Lipinski definition) is 0. The Balaban J connectivity index is 1.51. The third-order valence-corrected chi connectivity index (χ3v) is 7.38. The van der Waals surface area contributed by atoms with Crippen LogP contribution < -0.4 is 0 Å². The molecule has 0 spiro atoms. The van der Waals surface area contributed by atoms with E-state index in [1.54, 1.807) is 12.3 Å². The normalized spacial score (nSPS) is 20.0. The second-order valence-corrected chi connectivity index (χ2v) is 9.95. The maximum absolute atomic E-state index is 14.9. The molecule has 0 aliphatic carbocycles. The van der Waals surface area contributed by atoms with Crippen LogP contribution in [0.5, 0.6) is 0 Å². The Morgan fingerprint density at radius 3 is 2.49 bits per heavy atom. The zero-order valence-corrected chi connectivity index (χ0v) is 21.4. The second-order valence-electron chi connectivity index (χ2n) is 9.95. The molecule has 1 atom stereocenters. The van der Waals surface area contributed by atoms with Crippen LogP contribution in [0.15, 0.2) is 59.8 Å². The van der Waals surface area contributed by atoms with Gasteiger partial charge < -0.3 is 9.80 Å². The van der Waals surface area contributed by atoms with Gasteiger partial charge in [0, 0.05) is 54.3 Å². The molecule has 35 heavy (non-hydrogen) atoms. The third-order valence-electron chi connectivity index (χ3n) is 7.38. The van der Waals surface area contributed by atoms with E-state index in [1.807, 2.05) is 13.0 Å². The van der Waals surface area contributed by atoms with Crippen molar-refractivity contribution in [2.75, 3.05) is 13.1 Å². The molecule has 0 N–H and O–H groups in total. The van der Waals surface area contributed by atoms with Gasteiger partial charge in [0.2, 0.25) is 0 Å². The smallest absolute Gasteiger partial charge is 0.129 e. The Hall–Kier alpha value is -3.02. The molecule has 4 nitrogen and oxygen atoms in total. The summed E-state index contributed by atoms with van der Waals surface area (Å²) in [6.07, 6.45) is 8.32. The summed E-state index contributed by atoms with van der Waals surface area (Å²) in [5.74, 6) is 0.887. The van der Waals surface area contributed by atoms with E-state index in [0.717, 1.165) is 61.0 Å². The molecule has 4 rings (SSSR count). The van der Waals surface area contributed by atoms with Gasteiger partial charge in [-0.05, 0) is 81.3 Å². The topological polar surface area (TPSA) is 31.7 Å². The van der Waals surface area contributed by atoms with Crippen LogP contribution in [0.3, 0.4) is 0 Å². The van der Waals surface area contributed by atoms with E-state index in [-0.39, 0.29) is 17.5 Å². The minimum absolute atomic E-state index is 0.0942. The predicted octanol–water partition coefficient (Wildman–Crippen LogP) is 6.55. The first-order chi connectivity index (χ1) is 16.7. The molecule has 0 saturated carbocycles. The second kappa shape index (κ2) is 10.3. The third kappa shape index (κ3) is 5.31. The summed E-state index contributed by atoms with van der Waals surface area (Å²) in [4.78, 5) is 13.6. The fraction of sp³-hybridized carbons (Fsp3) is 0.448. The van der Waals surface area contributed by atoms with E-state index in [2.05, 4.69) is 48.2 Å². The van der Waals surface area contributed by atoms with Gasteiger partial charge in [0.25, 0.3) is 0 Å². The zero-order chi connectivity index (χ0) is 25.2. The van der Waals surface area contributed by atoms with Crippen LogP contribution in [0.4, 0.5) is 8.78 Å². The van der Waals surface area contributed by atoms with Gasteiger partial charge in [0.05, 0.1) is 0 Å². The molecule has 6 heteroatoms. The maximum atomic E-state index is 14.9. The average molecular weight is 479 g/mol. The monoisotopic (exact) mass is 478 g/mol. The van der Waals surface area contributed by atoms with E-state index in [4.69, 9.17) is 4.99 Å². The first-order valence-electron chi connectivity index (χ1n) is 12.7. The quantitative estimate of drug-likeness (QED) is 0.431. The van der Waals surface area contributed by atoms with E-state index in [0.29, 0.717) is 18.4 Å². The van der Waals surface area contributed by atoms with Crippen LogP contribution in [0.2, 0.25) is 0 Å². The van der Waals surface area contributed by atoms with Gasteiger partial charge in [-0.2, -0.15) is 0 Å². The number of rotatable bonds is 8. The highest BCUT2D eigenvalue weighted by Crippen LogP contribution is 2.38. The Kier molecular flexibility index (Phi) is 7.39. The molecule has 1 aromatic carbocycles. The summed E-state index contributed by atoms with van der Waals surface area (Å²) in [5.41, 5.74) is 3.42. The summed E-state index contributed by atoms with van der Waals surface area (Å²) < 4.78 is 29.8. The highest BCUT2D eigenvalue weighted by atomic mass is 19.1. The Morgan fingerprint density at radius 2 is 1.83 bits per heavy atom. The number of aliphatic imine (C=N–C) groups is 1. The van der Waals surface area contributed by atoms with Crippen molar-refractivity contribution in [3.8, 4) is 0 Å². The number of hydrogen-bond acceptors (Lipinski definition) is 4. The molecule has 0 radical (unpaired) electrons. The van der Waals surface area contributed by atoms with Crippen LogP contribution >= 0.6 is 0 Å². The van der Waals surface area contributed by atoms with Crippen molar-refractivity contribution in [2.45, 2.75) is 71.8 Å². The van der Waals surface area contributed by atoms with Crippen molar-refractivity contribution in [1.29, 1.82) is 0 Å². The zero-order valence-electron chi connectivity index (χ0n) is 21.4. The molecule has 186 valence electrons. The fourth-order valence-electron chi connectivity index (χ4n) is 5.11. The molecule has 1 aromatic heterocycles. The molecule has 0 bridgehead atoms.